The Morgan fingerprint density at radius 3 is 2.89 bits per heavy atom. The van der Waals surface area contributed by atoms with Crippen LogP contribution in [0, 0.1) is 0 Å². The molecule has 2 N–H and O–H groups in total. The Morgan fingerprint density at radius 2 is 2.17 bits per heavy atom. The molecule has 0 saturated carbocycles. The van der Waals surface area contributed by atoms with Crippen molar-refractivity contribution in [3.05, 3.63) is 17.7 Å². The van der Waals surface area contributed by atoms with Crippen molar-refractivity contribution in [1.82, 2.24) is 5.32 Å². The molecule has 1 amide bonds. The number of phenols is 1. The molecular weight excluding hydrogens is 238 g/mol. The van der Waals surface area contributed by atoms with Crippen molar-refractivity contribution in [3.63, 3.8) is 0 Å². The summed E-state index contributed by atoms with van der Waals surface area (Å²) in [5.74, 6) is 0.448. The molecule has 0 fully saturated rings. The number of nitrogens with one attached hydrogen (secondary N) is 1. The summed E-state index contributed by atoms with van der Waals surface area (Å²) < 4.78 is 15.1. The normalized spacial score (nSPS) is 12.5. The number of carbonyl (C=O) groups excluding carboxylic acids is 1. The number of hydrogen-bond acceptors (Lipinski definition) is 5. The predicted molar refractivity (Wildman–Crippen MR) is 63.1 cm³/mol. The lowest BCUT2D eigenvalue weighted by Gasteiger charge is -2.07. The van der Waals surface area contributed by atoms with Gasteiger partial charge in [0.1, 0.15) is 5.75 Å². The molecule has 1 aliphatic rings. The van der Waals surface area contributed by atoms with Gasteiger partial charge in [-0.05, 0) is 6.42 Å². The average Bonchev–Trinajstić information content (AvgIpc) is 2.80. The van der Waals surface area contributed by atoms with Crippen molar-refractivity contribution in [2.24, 2.45) is 0 Å². The summed E-state index contributed by atoms with van der Waals surface area (Å²) in [6, 6.07) is 2.86. The summed E-state index contributed by atoms with van der Waals surface area (Å²) in [6.45, 7) is 1.17. The van der Waals surface area contributed by atoms with E-state index < -0.39 is 0 Å². The van der Waals surface area contributed by atoms with Crippen LogP contribution in [-0.2, 0) is 4.74 Å². The van der Waals surface area contributed by atoms with Gasteiger partial charge in [0, 0.05) is 32.4 Å². The second-order valence-corrected chi connectivity index (χ2v) is 3.82. The number of amides is 1. The Bertz CT molecular complexity index is 446. The standard InChI is InChI=1S/C12H15NO5/c1-16-4-2-3-13-12(15)8-5-10-11(6-9(8)14)18-7-17-10/h5-6,14H,2-4,7H2,1H3,(H,13,15). The molecule has 0 aliphatic carbocycles. The molecule has 0 saturated heterocycles. The van der Waals surface area contributed by atoms with Crippen molar-refractivity contribution >= 4 is 5.91 Å². The lowest BCUT2D eigenvalue weighted by Crippen LogP contribution is -2.25. The predicted octanol–water partition coefficient (Wildman–Crippen LogP) is 0.887. The molecule has 2 rings (SSSR count). The Labute approximate surface area is 104 Å². The van der Waals surface area contributed by atoms with E-state index in [1.54, 1.807) is 7.11 Å². The van der Waals surface area contributed by atoms with Crippen molar-refractivity contribution < 1.29 is 24.1 Å². The smallest absolute Gasteiger partial charge is 0.255 e. The Morgan fingerprint density at radius 1 is 1.44 bits per heavy atom. The Kier molecular flexibility index (Phi) is 3.88. The third-order valence-electron chi connectivity index (χ3n) is 2.55. The Hall–Kier alpha value is -1.95. The van der Waals surface area contributed by atoms with Crippen LogP contribution in [0.4, 0.5) is 0 Å². The van der Waals surface area contributed by atoms with E-state index in [0.717, 1.165) is 0 Å². The first kappa shape index (κ1) is 12.5. The molecule has 0 atom stereocenters. The van der Waals surface area contributed by atoms with Crippen LogP contribution in [0.3, 0.4) is 0 Å². The summed E-state index contributed by atoms with van der Waals surface area (Å²) in [5, 5.41) is 12.4. The SMILES string of the molecule is COCCCNC(=O)c1cc2c(cc1O)OCO2. The number of hydrogen-bond donors (Lipinski definition) is 2. The van der Waals surface area contributed by atoms with Gasteiger partial charge in [0.15, 0.2) is 11.5 Å². The molecule has 0 unspecified atom stereocenters. The molecule has 0 radical (unpaired) electrons. The molecule has 1 aliphatic heterocycles. The molecular formula is C12H15NO5. The molecule has 18 heavy (non-hydrogen) atoms. The highest BCUT2D eigenvalue weighted by atomic mass is 16.7. The van der Waals surface area contributed by atoms with Crippen LogP contribution in [0.2, 0.25) is 0 Å². The summed E-state index contributed by atoms with van der Waals surface area (Å²) in [5.41, 5.74) is 0.177. The van der Waals surface area contributed by atoms with E-state index in [0.29, 0.717) is 31.1 Å². The zero-order chi connectivity index (χ0) is 13.0. The van der Waals surface area contributed by atoms with Gasteiger partial charge in [-0.2, -0.15) is 0 Å². The molecule has 0 bridgehead atoms. The first-order valence-electron chi connectivity index (χ1n) is 5.62. The summed E-state index contributed by atoms with van der Waals surface area (Å²) >= 11 is 0. The van der Waals surface area contributed by atoms with Crippen molar-refractivity contribution in [1.29, 1.82) is 0 Å². The number of rotatable bonds is 5. The van der Waals surface area contributed by atoms with Crippen LogP contribution in [0.1, 0.15) is 16.8 Å². The van der Waals surface area contributed by atoms with Gasteiger partial charge in [-0.3, -0.25) is 4.79 Å². The summed E-state index contributed by atoms with van der Waals surface area (Å²) in [6.07, 6.45) is 0.716. The minimum Gasteiger partial charge on any atom is -0.507 e. The zero-order valence-electron chi connectivity index (χ0n) is 10.1. The second kappa shape index (κ2) is 5.59. The van der Waals surface area contributed by atoms with E-state index in [9.17, 15) is 9.90 Å². The third kappa shape index (κ3) is 2.65. The quantitative estimate of drug-likeness (QED) is 0.762. The maximum atomic E-state index is 11.8. The number of phenolic OH excluding ortho intramolecular Hbond substituents is 1. The average molecular weight is 253 g/mol. The molecule has 6 heteroatoms. The lowest BCUT2D eigenvalue weighted by molar-refractivity contribution is 0.0945. The van der Waals surface area contributed by atoms with Gasteiger partial charge in [0.2, 0.25) is 6.79 Å². The van der Waals surface area contributed by atoms with Crippen LogP contribution in [0.15, 0.2) is 12.1 Å². The van der Waals surface area contributed by atoms with Crippen LogP contribution in [0.25, 0.3) is 0 Å². The van der Waals surface area contributed by atoms with Gasteiger partial charge < -0.3 is 24.6 Å². The van der Waals surface area contributed by atoms with E-state index >= 15 is 0 Å². The highest BCUT2D eigenvalue weighted by molar-refractivity contribution is 5.97. The molecule has 6 nitrogen and oxygen atoms in total. The van der Waals surface area contributed by atoms with Crippen molar-refractivity contribution in [2.45, 2.75) is 6.42 Å². The monoisotopic (exact) mass is 253 g/mol. The summed E-state index contributed by atoms with van der Waals surface area (Å²) in [4.78, 5) is 11.8. The van der Waals surface area contributed by atoms with E-state index in [1.165, 1.54) is 12.1 Å². The topological polar surface area (TPSA) is 77.0 Å². The fourth-order valence-electron chi connectivity index (χ4n) is 1.63. The summed E-state index contributed by atoms with van der Waals surface area (Å²) in [7, 11) is 1.60. The van der Waals surface area contributed by atoms with Crippen molar-refractivity contribution in [2.75, 3.05) is 27.1 Å². The van der Waals surface area contributed by atoms with E-state index in [4.69, 9.17) is 14.2 Å². The van der Waals surface area contributed by atoms with Gasteiger partial charge >= 0.3 is 0 Å². The van der Waals surface area contributed by atoms with Gasteiger partial charge in [0.05, 0.1) is 5.56 Å². The number of benzene rings is 1. The molecule has 0 spiro atoms. The second-order valence-electron chi connectivity index (χ2n) is 3.82. The first-order chi connectivity index (χ1) is 8.72. The highest BCUT2D eigenvalue weighted by Gasteiger charge is 2.20. The molecule has 0 aromatic heterocycles. The van der Waals surface area contributed by atoms with Crippen LogP contribution >= 0.6 is 0 Å². The minimum atomic E-state index is -0.345. The number of carbonyl (C=O) groups is 1. The fraction of sp³-hybridized carbons (Fsp3) is 0.417. The van der Waals surface area contributed by atoms with Gasteiger partial charge in [-0.1, -0.05) is 0 Å². The zero-order valence-corrected chi connectivity index (χ0v) is 10.1. The number of methoxy groups -OCH3 is 1. The molecule has 1 aromatic rings. The van der Waals surface area contributed by atoms with Crippen LogP contribution < -0.4 is 14.8 Å². The van der Waals surface area contributed by atoms with E-state index in [1.807, 2.05) is 0 Å². The van der Waals surface area contributed by atoms with Crippen LogP contribution in [0.5, 0.6) is 17.2 Å². The van der Waals surface area contributed by atoms with Gasteiger partial charge in [-0.15, -0.1) is 0 Å². The maximum absolute atomic E-state index is 11.8. The maximum Gasteiger partial charge on any atom is 0.255 e. The lowest BCUT2D eigenvalue weighted by atomic mass is 10.1. The highest BCUT2D eigenvalue weighted by Crippen LogP contribution is 2.37. The van der Waals surface area contributed by atoms with Crippen LogP contribution in [-0.4, -0.2) is 38.1 Å². The fourth-order valence-corrected chi connectivity index (χ4v) is 1.63. The molecule has 1 aromatic carbocycles. The number of fused-ring (bicyclic) bond motifs is 1. The van der Waals surface area contributed by atoms with Crippen molar-refractivity contribution in [3.8, 4) is 17.2 Å². The molecule has 98 valence electrons. The van der Waals surface area contributed by atoms with E-state index in [2.05, 4.69) is 5.32 Å². The van der Waals surface area contributed by atoms with Gasteiger partial charge in [0.25, 0.3) is 5.91 Å². The largest absolute Gasteiger partial charge is 0.507 e. The van der Waals surface area contributed by atoms with E-state index in [-0.39, 0.29) is 24.0 Å². The van der Waals surface area contributed by atoms with Gasteiger partial charge in [-0.25, -0.2) is 0 Å². The number of ether oxygens (including phenoxy) is 3. The molecule has 1 heterocycles. The first-order valence-corrected chi connectivity index (χ1v) is 5.62. The number of aromatic hydroxyl groups is 1. The Balaban J connectivity index is 2.02. The third-order valence-corrected chi connectivity index (χ3v) is 2.55. The minimum absolute atomic E-state index is 0.105.